The van der Waals surface area contributed by atoms with E-state index in [2.05, 4.69) is 19.9 Å². The Kier molecular flexibility index (Phi) is 2.72. The van der Waals surface area contributed by atoms with E-state index in [-0.39, 0.29) is 22.4 Å². The van der Waals surface area contributed by atoms with Gasteiger partial charge in [-0.25, -0.2) is 0 Å². The predicted molar refractivity (Wildman–Crippen MR) is 91.9 cm³/mol. The highest BCUT2D eigenvalue weighted by Crippen LogP contribution is 2.74. The summed E-state index contributed by atoms with van der Waals surface area (Å²) in [6, 6.07) is 0. The molecule has 0 aromatic rings. The van der Waals surface area contributed by atoms with Crippen LogP contribution in [0.25, 0.3) is 0 Å². The van der Waals surface area contributed by atoms with Crippen LogP contribution in [0.3, 0.4) is 0 Å². The quantitative estimate of drug-likeness (QED) is 0.540. The zero-order valence-electron chi connectivity index (χ0n) is 15.5. The highest BCUT2D eigenvalue weighted by Gasteiger charge is 2.79. The van der Waals surface area contributed by atoms with Crippen molar-refractivity contribution in [2.24, 2.45) is 17.3 Å². The zero-order chi connectivity index (χ0) is 17.1. The minimum Gasteiger partial charge on any atom is -0.390 e. The number of rotatable bonds is 0. The molecule has 4 aliphatic carbocycles. The Balaban J connectivity index is 1.36. The lowest BCUT2D eigenvalue weighted by molar-refractivity contribution is -0.185. The van der Waals surface area contributed by atoms with Crippen LogP contribution in [-0.4, -0.2) is 40.9 Å². The maximum absolute atomic E-state index is 11.0. The molecule has 0 aromatic heterocycles. The van der Waals surface area contributed by atoms with Crippen LogP contribution in [0, 0.1) is 17.3 Å². The van der Waals surface area contributed by atoms with Gasteiger partial charge < -0.3 is 19.3 Å². The van der Waals surface area contributed by atoms with Crippen molar-refractivity contribution in [2.75, 3.05) is 13.2 Å². The number of hydrogen-bond donors (Lipinski definition) is 1. The largest absolute Gasteiger partial charge is 0.390 e. The molecule has 4 heteroatoms. The first-order valence-corrected chi connectivity index (χ1v) is 10.3. The van der Waals surface area contributed by atoms with Gasteiger partial charge >= 0.3 is 0 Å². The van der Waals surface area contributed by atoms with Gasteiger partial charge in [-0.15, -0.1) is 0 Å². The van der Waals surface area contributed by atoms with Gasteiger partial charge in [-0.2, -0.15) is 0 Å². The van der Waals surface area contributed by atoms with Crippen molar-refractivity contribution in [3.8, 4) is 0 Å². The lowest BCUT2D eigenvalue weighted by Crippen LogP contribution is -2.53. The zero-order valence-corrected chi connectivity index (χ0v) is 15.5. The average Bonchev–Trinajstić information content (AvgIpc) is 2.94. The van der Waals surface area contributed by atoms with E-state index in [0.29, 0.717) is 11.8 Å². The monoisotopic (exact) mass is 346 g/mol. The Labute approximate surface area is 149 Å². The summed E-state index contributed by atoms with van der Waals surface area (Å²) in [5.41, 5.74) is 1.00. The molecule has 4 nitrogen and oxygen atoms in total. The summed E-state index contributed by atoms with van der Waals surface area (Å²) in [6.45, 7) is 5.83. The Bertz CT molecular complexity index is 663. The fourth-order valence-electron chi connectivity index (χ4n) is 7.56. The van der Waals surface area contributed by atoms with Crippen LogP contribution in [0.15, 0.2) is 11.6 Å². The molecule has 0 bridgehead atoms. The average molecular weight is 346 g/mol. The van der Waals surface area contributed by atoms with E-state index >= 15 is 0 Å². The fourth-order valence-corrected chi connectivity index (χ4v) is 7.56. The fraction of sp³-hybridized carbons (Fsp3) is 0.905. The number of allylic oxidation sites excluding steroid dienone is 1. The van der Waals surface area contributed by atoms with E-state index < -0.39 is 5.60 Å². The van der Waals surface area contributed by atoms with E-state index in [9.17, 15) is 5.11 Å². The van der Waals surface area contributed by atoms with Gasteiger partial charge in [-0.1, -0.05) is 13.0 Å². The van der Waals surface area contributed by atoms with Crippen molar-refractivity contribution in [3.63, 3.8) is 0 Å². The molecule has 25 heavy (non-hydrogen) atoms. The number of epoxide rings is 1. The second kappa shape index (κ2) is 4.35. The number of hydrogen-bond acceptors (Lipinski definition) is 4. The van der Waals surface area contributed by atoms with E-state index in [1.165, 1.54) is 6.42 Å². The normalized spacial score (nSPS) is 58.1. The minimum atomic E-state index is -0.529. The summed E-state index contributed by atoms with van der Waals surface area (Å²) in [7, 11) is 0. The Morgan fingerprint density at radius 1 is 1.04 bits per heavy atom. The smallest absolute Gasteiger partial charge is 0.171 e. The van der Waals surface area contributed by atoms with E-state index in [0.717, 1.165) is 58.2 Å². The van der Waals surface area contributed by atoms with Gasteiger partial charge in [0.25, 0.3) is 0 Å². The molecule has 1 spiro atoms. The molecule has 3 saturated carbocycles. The first-order chi connectivity index (χ1) is 11.9. The van der Waals surface area contributed by atoms with Crippen LogP contribution in [0.5, 0.6) is 0 Å². The van der Waals surface area contributed by atoms with Gasteiger partial charge in [0.05, 0.1) is 18.8 Å². The second-order valence-electron chi connectivity index (χ2n) is 10.1. The van der Waals surface area contributed by atoms with Crippen molar-refractivity contribution in [1.29, 1.82) is 0 Å². The Hall–Kier alpha value is -0.420. The molecule has 0 unspecified atom stereocenters. The maximum Gasteiger partial charge on any atom is 0.171 e. The number of ether oxygens (including phenoxy) is 3. The van der Waals surface area contributed by atoms with Gasteiger partial charge in [0.1, 0.15) is 11.2 Å². The van der Waals surface area contributed by atoms with Crippen LogP contribution in [-0.2, 0) is 14.2 Å². The van der Waals surface area contributed by atoms with E-state index in [1.54, 1.807) is 5.57 Å². The summed E-state index contributed by atoms with van der Waals surface area (Å²) < 4.78 is 18.6. The molecule has 2 saturated heterocycles. The van der Waals surface area contributed by atoms with Crippen molar-refractivity contribution < 1.29 is 19.3 Å². The molecule has 6 atom stereocenters. The molecule has 1 N–H and O–H groups in total. The third-order valence-corrected chi connectivity index (χ3v) is 9.24. The Morgan fingerprint density at radius 3 is 2.64 bits per heavy atom. The molecule has 5 fully saturated rings. The summed E-state index contributed by atoms with van der Waals surface area (Å²) in [5.74, 6) is 0.838. The summed E-state index contributed by atoms with van der Waals surface area (Å²) in [6.07, 6.45) is 10.8. The SMILES string of the molecule is C[C@]1(O)CC[C@H]2[C@@H]3CC[C@@]45CC6(CC[C@@]4(O5)C3=CC[C@@]21C)OCCO6. The van der Waals surface area contributed by atoms with Gasteiger partial charge in [-0.05, 0) is 62.9 Å². The minimum absolute atomic E-state index is 0.0280. The van der Waals surface area contributed by atoms with Crippen LogP contribution in [0.4, 0.5) is 0 Å². The highest BCUT2D eigenvalue weighted by molar-refractivity contribution is 5.43. The predicted octanol–water partition coefficient (Wildman–Crippen LogP) is 3.33. The van der Waals surface area contributed by atoms with Crippen LogP contribution in [0.2, 0.25) is 0 Å². The second-order valence-corrected chi connectivity index (χ2v) is 10.1. The van der Waals surface area contributed by atoms with Crippen LogP contribution < -0.4 is 0 Å². The third kappa shape index (κ3) is 1.65. The van der Waals surface area contributed by atoms with Crippen molar-refractivity contribution >= 4 is 0 Å². The van der Waals surface area contributed by atoms with E-state index in [1.807, 2.05) is 0 Å². The molecule has 0 amide bonds. The van der Waals surface area contributed by atoms with Gasteiger partial charge in [-0.3, -0.25) is 0 Å². The molecular formula is C21H30O4. The molecular weight excluding hydrogens is 316 g/mol. The van der Waals surface area contributed by atoms with Crippen LogP contribution in [0.1, 0.15) is 65.2 Å². The summed E-state index contributed by atoms with van der Waals surface area (Å²) in [5, 5.41) is 11.0. The lowest BCUT2D eigenvalue weighted by atomic mass is 9.53. The van der Waals surface area contributed by atoms with Crippen molar-refractivity contribution in [3.05, 3.63) is 11.6 Å². The molecule has 0 radical (unpaired) electrons. The van der Waals surface area contributed by atoms with Gasteiger partial charge in [0, 0.05) is 18.3 Å². The van der Waals surface area contributed by atoms with Crippen molar-refractivity contribution in [2.45, 2.75) is 87.8 Å². The third-order valence-electron chi connectivity index (χ3n) is 9.24. The molecule has 138 valence electrons. The number of fused-ring (bicyclic) bond motifs is 3. The number of aliphatic hydroxyl groups is 1. The topological polar surface area (TPSA) is 51.2 Å². The summed E-state index contributed by atoms with van der Waals surface area (Å²) in [4.78, 5) is 0. The molecule has 6 aliphatic rings. The first-order valence-electron chi connectivity index (χ1n) is 10.3. The lowest BCUT2D eigenvalue weighted by Gasteiger charge is -2.51. The Morgan fingerprint density at radius 2 is 1.84 bits per heavy atom. The molecule has 2 heterocycles. The molecule has 2 aliphatic heterocycles. The standard InChI is InChI=1S/C21H30O4/c1-17-6-4-16-14(15(17)5-7-18(17,2)22)3-8-19-13-20(23-11-12-24-20)9-10-21(16,19)25-19/h4,14-15,22H,3,5-13H2,1-2H3/t14-,15-,17-,18-,19+,21+/m0/s1. The van der Waals surface area contributed by atoms with Gasteiger partial charge in [0.15, 0.2) is 5.79 Å². The van der Waals surface area contributed by atoms with Crippen LogP contribution >= 0.6 is 0 Å². The van der Waals surface area contributed by atoms with Gasteiger partial charge in [0.2, 0.25) is 0 Å². The molecule has 0 aromatic carbocycles. The first kappa shape index (κ1) is 15.6. The maximum atomic E-state index is 11.0. The highest BCUT2D eigenvalue weighted by atomic mass is 16.7. The van der Waals surface area contributed by atoms with E-state index in [4.69, 9.17) is 14.2 Å². The van der Waals surface area contributed by atoms with Crippen molar-refractivity contribution in [1.82, 2.24) is 0 Å². The molecule has 6 rings (SSSR count). The summed E-state index contributed by atoms with van der Waals surface area (Å²) >= 11 is 0.